The van der Waals surface area contributed by atoms with Crippen LogP contribution < -0.4 is 11.4 Å². The van der Waals surface area contributed by atoms with E-state index < -0.39 is 5.63 Å². The lowest BCUT2D eigenvalue weighted by Crippen LogP contribution is -2.00. The first-order valence-corrected chi connectivity index (χ1v) is 4.54. The van der Waals surface area contributed by atoms with Gasteiger partial charge in [0.25, 0.3) is 0 Å². The van der Waals surface area contributed by atoms with Crippen molar-refractivity contribution in [3.63, 3.8) is 0 Å². The maximum atomic E-state index is 11.2. The van der Waals surface area contributed by atoms with Crippen LogP contribution in [0.1, 0.15) is 5.56 Å². The van der Waals surface area contributed by atoms with Crippen LogP contribution in [0.25, 0.3) is 21.4 Å². The molecular formula is C10H8N4O2. The van der Waals surface area contributed by atoms with Crippen LogP contribution in [0.2, 0.25) is 0 Å². The van der Waals surface area contributed by atoms with Gasteiger partial charge >= 0.3 is 5.63 Å². The fraction of sp³-hybridized carbons (Fsp3) is 0.100. The van der Waals surface area contributed by atoms with Crippen LogP contribution in [0.5, 0.6) is 0 Å². The number of rotatable bonds is 2. The third kappa shape index (κ3) is 1.82. The molecule has 80 valence electrons. The van der Waals surface area contributed by atoms with E-state index in [9.17, 15) is 4.79 Å². The molecule has 1 heterocycles. The van der Waals surface area contributed by atoms with Crippen molar-refractivity contribution in [3.8, 4) is 0 Å². The predicted octanol–water partition coefficient (Wildman–Crippen LogP) is 2.19. The molecule has 0 bridgehead atoms. The van der Waals surface area contributed by atoms with Gasteiger partial charge in [0.05, 0.1) is 6.54 Å². The Morgan fingerprint density at radius 1 is 1.44 bits per heavy atom. The van der Waals surface area contributed by atoms with Gasteiger partial charge in [-0.1, -0.05) is 5.11 Å². The monoisotopic (exact) mass is 216 g/mol. The Morgan fingerprint density at radius 2 is 2.25 bits per heavy atom. The summed E-state index contributed by atoms with van der Waals surface area (Å²) in [5, 5.41) is 4.15. The Balaban J connectivity index is 2.72. The first-order chi connectivity index (χ1) is 7.70. The number of benzene rings is 1. The summed E-state index contributed by atoms with van der Waals surface area (Å²) >= 11 is 0. The fourth-order valence-electron chi connectivity index (χ4n) is 1.49. The van der Waals surface area contributed by atoms with E-state index in [0.29, 0.717) is 16.8 Å². The van der Waals surface area contributed by atoms with Gasteiger partial charge in [-0.3, -0.25) is 0 Å². The van der Waals surface area contributed by atoms with Gasteiger partial charge in [-0.25, -0.2) is 4.79 Å². The van der Waals surface area contributed by atoms with Gasteiger partial charge in [0, 0.05) is 28.1 Å². The highest BCUT2D eigenvalue weighted by atomic mass is 16.4. The van der Waals surface area contributed by atoms with Gasteiger partial charge in [-0.2, -0.15) is 0 Å². The van der Waals surface area contributed by atoms with Gasteiger partial charge < -0.3 is 10.2 Å². The lowest BCUT2D eigenvalue weighted by atomic mass is 10.1. The molecule has 0 saturated carbocycles. The highest BCUT2D eigenvalue weighted by Gasteiger charge is 2.04. The third-order valence-corrected chi connectivity index (χ3v) is 2.16. The first-order valence-electron chi connectivity index (χ1n) is 4.54. The standard InChI is InChI=1S/C10H8N4O2/c11-7-1-2-8-6(5-13-14-12)3-10(15)16-9(8)4-7/h1-4H,5,11H2. The van der Waals surface area contributed by atoms with E-state index in [2.05, 4.69) is 10.0 Å². The van der Waals surface area contributed by atoms with Crippen molar-refractivity contribution in [2.24, 2.45) is 5.11 Å². The van der Waals surface area contributed by atoms with E-state index >= 15 is 0 Å². The van der Waals surface area contributed by atoms with Crippen molar-refractivity contribution in [3.05, 3.63) is 50.7 Å². The summed E-state index contributed by atoms with van der Waals surface area (Å²) in [6, 6.07) is 6.31. The molecule has 0 unspecified atom stereocenters. The normalized spacial score (nSPS) is 10.0. The summed E-state index contributed by atoms with van der Waals surface area (Å²) in [6.07, 6.45) is 0. The van der Waals surface area contributed by atoms with Crippen molar-refractivity contribution in [2.45, 2.75) is 6.54 Å². The second-order valence-electron chi connectivity index (χ2n) is 3.24. The van der Waals surface area contributed by atoms with E-state index in [-0.39, 0.29) is 6.54 Å². The summed E-state index contributed by atoms with van der Waals surface area (Å²) in [7, 11) is 0. The van der Waals surface area contributed by atoms with Crippen molar-refractivity contribution in [1.82, 2.24) is 0 Å². The molecule has 2 aromatic rings. The molecular weight excluding hydrogens is 208 g/mol. The Bertz CT molecular complexity index is 641. The summed E-state index contributed by atoms with van der Waals surface area (Å²) in [5.74, 6) is 0. The number of anilines is 1. The zero-order chi connectivity index (χ0) is 11.5. The smallest absolute Gasteiger partial charge is 0.336 e. The lowest BCUT2D eigenvalue weighted by Gasteiger charge is -2.02. The van der Waals surface area contributed by atoms with E-state index in [1.54, 1.807) is 18.2 Å². The molecule has 0 atom stereocenters. The molecule has 6 heteroatoms. The van der Waals surface area contributed by atoms with E-state index in [4.69, 9.17) is 15.7 Å². The Labute approximate surface area is 89.9 Å². The average molecular weight is 216 g/mol. The lowest BCUT2D eigenvalue weighted by molar-refractivity contribution is 0.559. The summed E-state index contributed by atoms with van der Waals surface area (Å²) in [4.78, 5) is 13.9. The molecule has 0 aliphatic carbocycles. The molecule has 0 spiro atoms. The minimum atomic E-state index is -0.485. The summed E-state index contributed by atoms with van der Waals surface area (Å²) in [6.45, 7) is 0.114. The average Bonchev–Trinajstić information content (AvgIpc) is 2.25. The molecule has 0 fully saturated rings. The molecule has 0 amide bonds. The number of hydrogen-bond acceptors (Lipinski definition) is 4. The minimum Gasteiger partial charge on any atom is -0.423 e. The largest absolute Gasteiger partial charge is 0.423 e. The van der Waals surface area contributed by atoms with Gasteiger partial charge in [0.1, 0.15) is 5.58 Å². The molecule has 0 radical (unpaired) electrons. The van der Waals surface area contributed by atoms with Gasteiger partial charge in [-0.15, -0.1) is 0 Å². The van der Waals surface area contributed by atoms with Crippen LogP contribution in [0, 0.1) is 0 Å². The molecule has 2 rings (SSSR count). The Morgan fingerprint density at radius 3 is 3.00 bits per heavy atom. The molecule has 0 aliphatic rings. The van der Waals surface area contributed by atoms with Gasteiger partial charge in [0.2, 0.25) is 0 Å². The minimum absolute atomic E-state index is 0.114. The second kappa shape index (κ2) is 3.96. The van der Waals surface area contributed by atoms with Crippen LogP contribution in [0.4, 0.5) is 5.69 Å². The Kier molecular flexibility index (Phi) is 2.49. The van der Waals surface area contributed by atoms with E-state index in [0.717, 1.165) is 5.39 Å². The highest BCUT2D eigenvalue weighted by molar-refractivity contribution is 5.82. The maximum Gasteiger partial charge on any atom is 0.336 e. The molecule has 1 aromatic carbocycles. The first kappa shape index (κ1) is 10.1. The number of hydrogen-bond donors (Lipinski definition) is 1. The molecule has 0 saturated heterocycles. The quantitative estimate of drug-likeness (QED) is 0.273. The number of nitrogen functional groups attached to an aromatic ring is 1. The van der Waals surface area contributed by atoms with Crippen LogP contribution in [-0.4, -0.2) is 0 Å². The summed E-state index contributed by atoms with van der Waals surface area (Å²) in [5.41, 5.74) is 14.9. The van der Waals surface area contributed by atoms with Gasteiger partial charge in [0.15, 0.2) is 0 Å². The van der Waals surface area contributed by atoms with Crippen LogP contribution in [0.15, 0.2) is 38.6 Å². The SMILES string of the molecule is [N-]=[N+]=NCc1cc(=O)oc2cc(N)ccc12. The van der Waals surface area contributed by atoms with Crippen molar-refractivity contribution in [2.75, 3.05) is 5.73 Å². The zero-order valence-corrected chi connectivity index (χ0v) is 8.25. The fourth-order valence-corrected chi connectivity index (χ4v) is 1.49. The third-order valence-electron chi connectivity index (χ3n) is 2.16. The number of fused-ring (bicyclic) bond motifs is 1. The molecule has 16 heavy (non-hydrogen) atoms. The van der Waals surface area contributed by atoms with Gasteiger partial charge in [-0.05, 0) is 23.2 Å². The molecule has 6 nitrogen and oxygen atoms in total. The summed E-state index contributed by atoms with van der Waals surface area (Å²) < 4.78 is 4.99. The maximum absolute atomic E-state index is 11.2. The van der Waals surface area contributed by atoms with Crippen molar-refractivity contribution >= 4 is 16.7 Å². The molecule has 0 aliphatic heterocycles. The Hall–Kier alpha value is -2.46. The number of nitrogens with zero attached hydrogens (tertiary/aromatic N) is 3. The van der Waals surface area contributed by atoms with Crippen LogP contribution in [0.3, 0.4) is 0 Å². The number of azide groups is 1. The van der Waals surface area contributed by atoms with E-state index in [1.165, 1.54) is 6.07 Å². The van der Waals surface area contributed by atoms with Crippen LogP contribution >= 0.6 is 0 Å². The van der Waals surface area contributed by atoms with Crippen molar-refractivity contribution in [1.29, 1.82) is 0 Å². The van der Waals surface area contributed by atoms with E-state index in [1.807, 2.05) is 0 Å². The van der Waals surface area contributed by atoms with Crippen molar-refractivity contribution < 1.29 is 4.42 Å². The second-order valence-corrected chi connectivity index (χ2v) is 3.24. The molecule has 1 aromatic heterocycles. The topological polar surface area (TPSA) is 105 Å². The molecule has 2 N–H and O–H groups in total. The van der Waals surface area contributed by atoms with Crippen LogP contribution in [-0.2, 0) is 6.54 Å². The predicted molar refractivity (Wildman–Crippen MR) is 59.7 cm³/mol. The zero-order valence-electron chi connectivity index (χ0n) is 8.25. The highest BCUT2D eigenvalue weighted by Crippen LogP contribution is 2.20. The number of nitrogens with two attached hydrogens (primary N) is 1.